The molecule has 0 bridgehead atoms. The van der Waals surface area contributed by atoms with Gasteiger partial charge in [-0.2, -0.15) is 0 Å². The maximum absolute atomic E-state index is 13.0. The number of benzene rings is 1. The van der Waals surface area contributed by atoms with Crippen molar-refractivity contribution >= 4 is 29.4 Å². The molecule has 1 saturated carbocycles. The molecule has 0 atom stereocenters. The molecule has 1 amide bonds. The zero-order chi connectivity index (χ0) is 20.5. The predicted octanol–water partition coefficient (Wildman–Crippen LogP) is 4.58. The molecule has 1 aliphatic rings. The van der Waals surface area contributed by atoms with E-state index in [-0.39, 0.29) is 11.7 Å². The smallest absolute Gasteiger partial charge is 0.230 e. The predicted molar refractivity (Wildman–Crippen MR) is 117 cm³/mol. The average Bonchev–Trinajstić information content (AvgIpc) is 3.11. The van der Waals surface area contributed by atoms with Crippen LogP contribution in [0.5, 0.6) is 0 Å². The van der Waals surface area contributed by atoms with Crippen LogP contribution in [0.25, 0.3) is 0 Å². The summed E-state index contributed by atoms with van der Waals surface area (Å²) < 4.78 is 15.0. The highest BCUT2D eigenvalue weighted by Crippen LogP contribution is 2.23. The van der Waals surface area contributed by atoms with E-state index in [2.05, 4.69) is 22.1 Å². The molecular formula is C21H27FN4OS2. The van der Waals surface area contributed by atoms with E-state index in [4.69, 9.17) is 0 Å². The zero-order valence-electron chi connectivity index (χ0n) is 16.5. The SMILES string of the molecule is C=CCn1c(CSCc2ccc(F)cc2)nnc1SCC(=O)NC1CCCCC1. The number of rotatable bonds is 10. The standard InChI is InChI=1S/C21H27FN4OS2/c1-2-12-26-19(14-28-13-16-8-10-17(22)11-9-16)24-25-21(26)29-15-20(27)23-18-6-4-3-5-7-18/h2,8-11,18H,1,3-7,12-15H2,(H,23,27). The molecule has 29 heavy (non-hydrogen) atoms. The molecule has 1 aromatic carbocycles. The maximum atomic E-state index is 13.0. The maximum Gasteiger partial charge on any atom is 0.230 e. The third-order valence-electron chi connectivity index (χ3n) is 4.82. The van der Waals surface area contributed by atoms with E-state index in [1.165, 1.54) is 43.2 Å². The van der Waals surface area contributed by atoms with E-state index in [9.17, 15) is 9.18 Å². The van der Waals surface area contributed by atoms with Crippen molar-refractivity contribution in [2.45, 2.75) is 61.4 Å². The number of allylic oxidation sites excluding steroid dienone is 1. The minimum absolute atomic E-state index is 0.0577. The number of nitrogens with zero attached hydrogens (tertiary/aromatic N) is 3. The largest absolute Gasteiger partial charge is 0.353 e. The first kappa shape index (κ1) is 21.9. The minimum atomic E-state index is -0.223. The summed E-state index contributed by atoms with van der Waals surface area (Å²) in [5.74, 6) is 2.49. The van der Waals surface area contributed by atoms with Crippen molar-refractivity contribution in [2.75, 3.05) is 5.75 Å². The molecule has 2 aromatic rings. The van der Waals surface area contributed by atoms with Gasteiger partial charge in [-0.05, 0) is 30.5 Å². The van der Waals surface area contributed by atoms with Crippen molar-refractivity contribution < 1.29 is 9.18 Å². The number of hydrogen-bond acceptors (Lipinski definition) is 5. The highest BCUT2D eigenvalue weighted by molar-refractivity contribution is 7.99. The lowest BCUT2D eigenvalue weighted by molar-refractivity contribution is -0.119. The molecule has 1 heterocycles. The van der Waals surface area contributed by atoms with Gasteiger partial charge in [-0.15, -0.1) is 28.5 Å². The van der Waals surface area contributed by atoms with E-state index in [1.807, 2.05) is 10.6 Å². The van der Waals surface area contributed by atoms with Gasteiger partial charge in [0.1, 0.15) is 11.6 Å². The summed E-state index contributed by atoms with van der Waals surface area (Å²) in [5, 5.41) is 12.5. The summed E-state index contributed by atoms with van der Waals surface area (Å²) in [6.45, 7) is 4.42. The summed E-state index contributed by atoms with van der Waals surface area (Å²) in [7, 11) is 0. The number of halogens is 1. The summed E-state index contributed by atoms with van der Waals surface area (Å²) in [5.41, 5.74) is 1.07. The van der Waals surface area contributed by atoms with Gasteiger partial charge in [-0.25, -0.2) is 4.39 Å². The molecule has 1 fully saturated rings. The Morgan fingerprint density at radius 3 is 2.69 bits per heavy atom. The number of aromatic nitrogens is 3. The van der Waals surface area contributed by atoms with E-state index in [0.717, 1.165) is 35.1 Å². The van der Waals surface area contributed by atoms with E-state index >= 15 is 0 Å². The minimum Gasteiger partial charge on any atom is -0.353 e. The fraction of sp³-hybridized carbons (Fsp3) is 0.476. The summed E-state index contributed by atoms with van der Waals surface area (Å²) in [6.07, 6.45) is 7.64. The van der Waals surface area contributed by atoms with Crippen LogP contribution in [-0.4, -0.2) is 32.5 Å². The van der Waals surface area contributed by atoms with Crippen LogP contribution in [0.3, 0.4) is 0 Å². The van der Waals surface area contributed by atoms with Gasteiger partial charge in [0, 0.05) is 18.3 Å². The Balaban J connectivity index is 1.51. The Morgan fingerprint density at radius 1 is 1.21 bits per heavy atom. The van der Waals surface area contributed by atoms with Crippen molar-refractivity contribution in [3.05, 3.63) is 54.1 Å². The van der Waals surface area contributed by atoms with Crippen LogP contribution in [0, 0.1) is 5.82 Å². The molecule has 156 valence electrons. The molecule has 1 aromatic heterocycles. The van der Waals surface area contributed by atoms with E-state index < -0.39 is 0 Å². The third kappa shape index (κ3) is 6.89. The first-order chi connectivity index (χ1) is 14.2. The van der Waals surface area contributed by atoms with Crippen molar-refractivity contribution in [1.82, 2.24) is 20.1 Å². The summed E-state index contributed by atoms with van der Waals surface area (Å²) in [6, 6.07) is 6.86. The fourth-order valence-electron chi connectivity index (χ4n) is 3.33. The zero-order valence-corrected chi connectivity index (χ0v) is 18.1. The van der Waals surface area contributed by atoms with Crippen molar-refractivity contribution in [3.63, 3.8) is 0 Å². The van der Waals surface area contributed by atoms with Crippen molar-refractivity contribution in [1.29, 1.82) is 0 Å². The monoisotopic (exact) mass is 434 g/mol. The molecular weight excluding hydrogens is 407 g/mol. The van der Waals surface area contributed by atoms with Gasteiger partial charge in [-0.1, -0.05) is 49.2 Å². The number of thioether (sulfide) groups is 2. The molecule has 5 nitrogen and oxygen atoms in total. The molecule has 0 spiro atoms. The normalized spacial score (nSPS) is 14.7. The van der Waals surface area contributed by atoms with Gasteiger partial charge in [0.2, 0.25) is 5.91 Å². The Bertz CT molecular complexity index is 804. The quantitative estimate of drug-likeness (QED) is 0.438. The molecule has 1 aliphatic carbocycles. The molecule has 0 saturated heterocycles. The molecule has 8 heteroatoms. The number of carbonyl (C=O) groups excluding carboxylic acids is 1. The van der Waals surface area contributed by atoms with Crippen LogP contribution in [0.4, 0.5) is 4.39 Å². The number of amides is 1. The van der Waals surface area contributed by atoms with Crippen LogP contribution in [0.2, 0.25) is 0 Å². The number of carbonyl (C=O) groups is 1. The average molecular weight is 435 g/mol. The summed E-state index contributed by atoms with van der Waals surface area (Å²) in [4.78, 5) is 12.3. The van der Waals surface area contributed by atoms with Gasteiger partial charge >= 0.3 is 0 Å². The Morgan fingerprint density at radius 2 is 1.97 bits per heavy atom. The Kier molecular flexibility index (Phi) is 8.61. The van der Waals surface area contributed by atoms with Crippen LogP contribution >= 0.6 is 23.5 Å². The van der Waals surface area contributed by atoms with Gasteiger partial charge < -0.3 is 9.88 Å². The van der Waals surface area contributed by atoms with Crippen LogP contribution in [-0.2, 0) is 22.8 Å². The second-order valence-corrected chi connectivity index (χ2v) is 9.04. The van der Waals surface area contributed by atoms with Crippen molar-refractivity contribution in [3.8, 4) is 0 Å². The molecule has 3 rings (SSSR count). The first-order valence-electron chi connectivity index (χ1n) is 9.93. The molecule has 0 radical (unpaired) electrons. The lowest BCUT2D eigenvalue weighted by Crippen LogP contribution is -2.37. The van der Waals surface area contributed by atoms with Crippen LogP contribution in [0.1, 0.15) is 43.5 Å². The molecule has 0 unspecified atom stereocenters. The molecule has 1 N–H and O–H groups in total. The Hall–Kier alpha value is -1.80. The number of hydrogen-bond donors (Lipinski definition) is 1. The third-order valence-corrected chi connectivity index (χ3v) is 6.79. The Labute approximate surface area is 179 Å². The van der Waals surface area contributed by atoms with Gasteiger partial charge in [0.05, 0.1) is 11.5 Å². The van der Waals surface area contributed by atoms with E-state index in [1.54, 1.807) is 23.9 Å². The summed E-state index contributed by atoms with van der Waals surface area (Å²) >= 11 is 3.11. The van der Waals surface area contributed by atoms with Gasteiger partial charge in [-0.3, -0.25) is 4.79 Å². The van der Waals surface area contributed by atoms with Gasteiger partial charge in [0.15, 0.2) is 5.16 Å². The topological polar surface area (TPSA) is 59.8 Å². The fourth-order valence-corrected chi connectivity index (χ4v) is 5.04. The second kappa shape index (κ2) is 11.4. The van der Waals surface area contributed by atoms with E-state index in [0.29, 0.717) is 24.1 Å². The van der Waals surface area contributed by atoms with Crippen LogP contribution in [0.15, 0.2) is 42.1 Å². The second-order valence-electron chi connectivity index (χ2n) is 7.11. The number of nitrogens with one attached hydrogen (secondary N) is 1. The van der Waals surface area contributed by atoms with Crippen LogP contribution < -0.4 is 5.32 Å². The highest BCUT2D eigenvalue weighted by Gasteiger charge is 2.17. The highest BCUT2D eigenvalue weighted by atomic mass is 32.2. The van der Waals surface area contributed by atoms with Gasteiger partial charge in [0.25, 0.3) is 0 Å². The molecule has 0 aliphatic heterocycles. The lowest BCUT2D eigenvalue weighted by Gasteiger charge is -2.22. The first-order valence-corrected chi connectivity index (χ1v) is 12.1. The van der Waals surface area contributed by atoms with Crippen molar-refractivity contribution in [2.24, 2.45) is 0 Å². The lowest BCUT2D eigenvalue weighted by atomic mass is 9.95.